The van der Waals surface area contributed by atoms with E-state index in [9.17, 15) is 4.39 Å². The van der Waals surface area contributed by atoms with Gasteiger partial charge in [-0.05, 0) is 86.2 Å². The average molecular weight is 291 g/mol. The maximum absolute atomic E-state index is 13.8. The van der Waals surface area contributed by atoms with Crippen LogP contribution in [0.1, 0.15) is 57.1 Å². The van der Waals surface area contributed by atoms with Gasteiger partial charge in [0, 0.05) is 0 Å². The Labute approximate surface area is 129 Å². The Balaban J connectivity index is 2.29. The van der Waals surface area contributed by atoms with E-state index in [0.717, 1.165) is 18.0 Å². The molecule has 118 valence electrons. The summed E-state index contributed by atoms with van der Waals surface area (Å²) < 4.78 is 13.8. The third-order valence-corrected chi connectivity index (χ3v) is 5.18. The van der Waals surface area contributed by atoms with Gasteiger partial charge in [-0.15, -0.1) is 0 Å². The Morgan fingerprint density at radius 1 is 1.19 bits per heavy atom. The molecule has 1 aromatic rings. The first-order chi connectivity index (χ1) is 9.81. The van der Waals surface area contributed by atoms with Crippen molar-refractivity contribution in [3.63, 3.8) is 0 Å². The number of halogens is 1. The molecule has 0 aromatic heterocycles. The highest BCUT2D eigenvalue weighted by Crippen LogP contribution is 2.46. The summed E-state index contributed by atoms with van der Waals surface area (Å²) in [7, 11) is 2.02. The van der Waals surface area contributed by atoms with Gasteiger partial charge < -0.3 is 5.32 Å². The molecule has 3 atom stereocenters. The molecule has 1 aliphatic carbocycles. The lowest BCUT2D eigenvalue weighted by Gasteiger charge is -2.42. The van der Waals surface area contributed by atoms with Crippen LogP contribution >= 0.6 is 0 Å². The second-order valence-corrected chi connectivity index (χ2v) is 7.86. The van der Waals surface area contributed by atoms with Crippen LogP contribution in [0.2, 0.25) is 0 Å². The zero-order valence-electron chi connectivity index (χ0n) is 14.2. The molecule has 0 radical (unpaired) electrons. The van der Waals surface area contributed by atoms with Crippen molar-refractivity contribution in [1.29, 1.82) is 0 Å². The van der Waals surface area contributed by atoms with Gasteiger partial charge in [-0.3, -0.25) is 0 Å². The largest absolute Gasteiger partial charge is 0.319 e. The Morgan fingerprint density at radius 3 is 2.48 bits per heavy atom. The first-order valence-corrected chi connectivity index (χ1v) is 8.23. The van der Waals surface area contributed by atoms with Crippen molar-refractivity contribution in [3.05, 3.63) is 35.1 Å². The van der Waals surface area contributed by atoms with Gasteiger partial charge in [0.15, 0.2) is 0 Å². The molecular weight excluding hydrogens is 261 g/mol. The van der Waals surface area contributed by atoms with Crippen LogP contribution in [0, 0.1) is 30.0 Å². The van der Waals surface area contributed by atoms with Gasteiger partial charge in [0.25, 0.3) is 0 Å². The molecule has 0 heterocycles. The molecule has 1 nitrogen and oxygen atoms in total. The standard InChI is InChI=1S/C19H30FN/c1-13-8-15(10-17(20)9-13)18-11-16(19(2,3)4)7-6-14(18)12-21-5/h8-10,14,16,18,21H,6-7,11-12H2,1-5H3. The molecule has 3 unspecified atom stereocenters. The van der Waals surface area contributed by atoms with Crippen molar-refractivity contribution in [2.24, 2.45) is 17.3 Å². The number of hydrogen-bond donors (Lipinski definition) is 1. The fraction of sp³-hybridized carbons (Fsp3) is 0.684. The van der Waals surface area contributed by atoms with Crippen molar-refractivity contribution in [3.8, 4) is 0 Å². The second kappa shape index (κ2) is 6.48. The van der Waals surface area contributed by atoms with E-state index in [-0.39, 0.29) is 5.82 Å². The normalized spacial score (nSPS) is 26.9. The van der Waals surface area contributed by atoms with Gasteiger partial charge in [0.1, 0.15) is 5.82 Å². The first kappa shape index (κ1) is 16.5. The zero-order chi connectivity index (χ0) is 15.6. The van der Waals surface area contributed by atoms with Crippen LogP contribution in [0.25, 0.3) is 0 Å². The van der Waals surface area contributed by atoms with Crippen LogP contribution < -0.4 is 5.32 Å². The third-order valence-electron chi connectivity index (χ3n) is 5.18. The molecule has 21 heavy (non-hydrogen) atoms. The van der Waals surface area contributed by atoms with E-state index in [0.29, 0.717) is 17.3 Å². The highest BCUT2D eigenvalue weighted by molar-refractivity contribution is 5.28. The van der Waals surface area contributed by atoms with Gasteiger partial charge in [-0.1, -0.05) is 26.8 Å². The highest BCUT2D eigenvalue weighted by Gasteiger charge is 2.36. The number of benzene rings is 1. The summed E-state index contributed by atoms with van der Waals surface area (Å²) >= 11 is 0. The van der Waals surface area contributed by atoms with Crippen molar-refractivity contribution in [1.82, 2.24) is 5.32 Å². The van der Waals surface area contributed by atoms with E-state index in [1.165, 1.54) is 24.8 Å². The molecular formula is C19H30FN. The third kappa shape index (κ3) is 4.06. The van der Waals surface area contributed by atoms with Crippen molar-refractivity contribution in [2.75, 3.05) is 13.6 Å². The summed E-state index contributed by atoms with van der Waals surface area (Å²) in [5.74, 6) is 1.73. The minimum Gasteiger partial charge on any atom is -0.319 e. The van der Waals surface area contributed by atoms with Gasteiger partial charge in [-0.25, -0.2) is 4.39 Å². The van der Waals surface area contributed by atoms with E-state index in [1.54, 1.807) is 12.1 Å². The zero-order valence-corrected chi connectivity index (χ0v) is 14.2. The Morgan fingerprint density at radius 2 is 1.90 bits per heavy atom. The lowest BCUT2D eigenvalue weighted by Crippen LogP contribution is -2.34. The van der Waals surface area contributed by atoms with Gasteiger partial charge in [-0.2, -0.15) is 0 Å². The molecule has 1 aliphatic rings. The predicted octanol–water partition coefficient (Wildman–Crippen LogP) is 4.90. The topological polar surface area (TPSA) is 12.0 Å². The fourth-order valence-electron chi connectivity index (χ4n) is 3.91. The maximum Gasteiger partial charge on any atom is 0.123 e. The van der Waals surface area contributed by atoms with Crippen molar-refractivity contribution < 1.29 is 4.39 Å². The minimum atomic E-state index is -0.0916. The summed E-state index contributed by atoms with van der Waals surface area (Å²) in [5.41, 5.74) is 2.57. The van der Waals surface area contributed by atoms with Crippen LogP contribution in [0.5, 0.6) is 0 Å². The van der Waals surface area contributed by atoms with E-state index in [2.05, 4.69) is 32.2 Å². The fourth-order valence-corrected chi connectivity index (χ4v) is 3.91. The first-order valence-electron chi connectivity index (χ1n) is 8.23. The summed E-state index contributed by atoms with van der Waals surface area (Å²) in [6.07, 6.45) is 3.71. The van der Waals surface area contributed by atoms with Crippen molar-refractivity contribution >= 4 is 0 Å². The maximum atomic E-state index is 13.8. The van der Waals surface area contributed by atoms with Crippen LogP contribution in [0.3, 0.4) is 0 Å². The molecule has 1 aromatic carbocycles. The second-order valence-electron chi connectivity index (χ2n) is 7.86. The molecule has 0 amide bonds. The quantitative estimate of drug-likeness (QED) is 0.835. The van der Waals surface area contributed by atoms with Crippen LogP contribution in [-0.4, -0.2) is 13.6 Å². The van der Waals surface area contributed by atoms with Crippen molar-refractivity contribution in [2.45, 2.75) is 52.9 Å². The number of nitrogens with one attached hydrogen (secondary N) is 1. The molecule has 2 heteroatoms. The Hall–Kier alpha value is -0.890. The number of hydrogen-bond acceptors (Lipinski definition) is 1. The van der Waals surface area contributed by atoms with Crippen LogP contribution in [-0.2, 0) is 0 Å². The summed E-state index contributed by atoms with van der Waals surface area (Å²) in [6, 6.07) is 5.56. The molecule has 0 saturated heterocycles. The Kier molecular flexibility index (Phi) is 5.08. The lowest BCUT2D eigenvalue weighted by atomic mass is 9.64. The van der Waals surface area contributed by atoms with E-state index < -0.39 is 0 Å². The predicted molar refractivity (Wildman–Crippen MR) is 88.1 cm³/mol. The average Bonchev–Trinajstić information content (AvgIpc) is 2.37. The molecule has 1 fully saturated rings. The van der Waals surface area contributed by atoms with Gasteiger partial charge in [0.2, 0.25) is 0 Å². The summed E-state index contributed by atoms with van der Waals surface area (Å²) in [4.78, 5) is 0. The van der Waals surface area contributed by atoms with Gasteiger partial charge in [0.05, 0.1) is 0 Å². The minimum absolute atomic E-state index is 0.0916. The molecule has 0 bridgehead atoms. The number of aryl methyl sites for hydroxylation is 1. The van der Waals surface area contributed by atoms with Gasteiger partial charge >= 0.3 is 0 Å². The lowest BCUT2D eigenvalue weighted by molar-refractivity contribution is 0.130. The summed E-state index contributed by atoms with van der Waals surface area (Å²) in [5, 5.41) is 3.33. The van der Waals surface area contributed by atoms with E-state index >= 15 is 0 Å². The van der Waals surface area contributed by atoms with Crippen LogP contribution in [0.4, 0.5) is 4.39 Å². The monoisotopic (exact) mass is 291 g/mol. The van der Waals surface area contributed by atoms with E-state index in [1.807, 2.05) is 14.0 Å². The SMILES string of the molecule is CNCC1CCC(C(C)(C)C)CC1c1cc(C)cc(F)c1. The van der Waals surface area contributed by atoms with Crippen LogP contribution in [0.15, 0.2) is 18.2 Å². The smallest absolute Gasteiger partial charge is 0.123 e. The molecule has 1 N–H and O–H groups in total. The Bertz CT molecular complexity index is 455. The molecule has 1 saturated carbocycles. The summed E-state index contributed by atoms with van der Waals surface area (Å²) in [6.45, 7) is 10.0. The highest BCUT2D eigenvalue weighted by atomic mass is 19.1. The number of rotatable bonds is 3. The molecule has 0 spiro atoms. The molecule has 0 aliphatic heterocycles. The van der Waals surface area contributed by atoms with E-state index in [4.69, 9.17) is 0 Å². The molecule has 2 rings (SSSR count).